The van der Waals surface area contributed by atoms with Gasteiger partial charge in [-0.05, 0) is 23.0 Å². The predicted molar refractivity (Wildman–Crippen MR) is 110 cm³/mol. The summed E-state index contributed by atoms with van der Waals surface area (Å²) in [6, 6.07) is 18.6. The van der Waals surface area contributed by atoms with Crippen LogP contribution in [0.15, 0.2) is 60.7 Å². The van der Waals surface area contributed by atoms with Crippen LogP contribution in [0.3, 0.4) is 0 Å². The molecule has 4 nitrogen and oxygen atoms in total. The Bertz CT molecular complexity index is 672. The molecule has 0 aliphatic rings. The van der Waals surface area contributed by atoms with Crippen LogP contribution < -0.4 is 0 Å². The Balaban J connectivity index is 2.45. The molecule has 0 fully saturated rings. The monoisotopic (exact) mass is 382 g/mol. The Morgan fingerprint density at radius 2 is 0.964 bits per heavy atom. The molecule has 0 bridgehead atoms. The van der Waals surface area contributed by atoms with E-state index in [4.69, 9.17) is 9.47 Å². The summed E-state index contributed by atoms with van der Waals surface area (Å²) in [6.07, 6.45) is 0. The average molecular weight is 383 g/mol. The molecule has 2 atom stereocenters. The van der Waals surface area contributed by atoms with Crippen LogP contribution in [0.1, 0.15) is 50.7 Å². The van der Waals surface area contributed by atoms with E-state index in [1.807, 2.05) is 88.4 Å². The van der Waals surface area contributed by atoms with Gasteiger partial charge in [0.25, 0.3) is 0 Å². The first kappa shape index (κ1) is 21.7. The van der Waals surface area contributed by atoms with Gasteiger partial charge in [0, 0.05) is 0 Å². The number of carbonyl (C=O) groups excluding carboxylic acids is 2. The lowest BCUT2D eigenvalue weighted by atomic mass is 9.81. The Labute approximate surface area is 167 Å². The van der Waals surface area contributed by atoms with Gasteiger partial charge in [0.15, 0.2) is 0 Å². The van der Waals surface area contributed by atoms with Gasteiger partial charge in [0.05, 0.1) is 25.0 Å². The molecule has 4 heteroatoms. The van der Waals surface area contributed by atoms with E-state index in [-0.39, 0.29) is 11.8 Å². The third-order valence-electron chi connectivity index (χ3n) is 4.28. The molecule has 2 unspecified atom stereocenters. The van der Waals surface area contributed by atoms with Gasteiger partial charge < -0.3 is 9.47 Å². The van der Waals surface area contributed by atoms with E-state index in [0.717, 1.165) is 11.1 Å². The van der Waals surface area contributed by atoms with Crippen molar-refractivity contribution in [3.05, 3.63) is 71.8 Å². The zero-order valence-electron chi connectivity index (χ0n) is 17.1. The number of benzene rings is 2. The second kappa shape index (κ2) is 10.6. The molecule has 0 radical (unpaired) electrons. The summed E-state index contributed by atoms with van der Waals surface area (Å²) in [6.45, 7) is 8.55. The summed E-state index contributed by atoms with van der Waals surface area (Å²) in [5, 5.41) is 0. The molecule has 150 valence electrons. The molecular weight excluding hydrogens is 352 g/mol. The lowest BCUT2D eigenvalue weighted by molar-refractivity contribution is -0.155. The maximum atomic E-state index is 13.1. The van der Waals surface area contributed by atoms with E-state index in [9.17, 15) is 9.59 Å². The minimum absolute atomic E-state index is 0.212. The molecule has 0 heterocycles. The standard InChI is InChI=1S/C24H30O4/c1-17(2)15-27-23(25)21(19-11-7-5-8-12-19)22(20-13-9-6-10-14-20)24(26)28-16-18(3)4/h5-14,17-18,21-22H,15-16H2,1-4H3. The number of ether oxygens (including phenoxy) is 2. The van der Waals surface area contributed by atoms with Crippen LogP contribution in [-0.4, -0.2) is 25.2 Å². The van der Waals surface area contributed by atoms with Gasteiger partial charge in [-0.15, -0.1) is 0 Å². The summed E-state index contributed by atoms with van der Waals surface area (Å²) >= 11 is 0. The van der Waals surface area contributed by atoms with Crippen molar-refractivity contribution in [3.63, 3.8) is 0 Å². The van der Waals surface area contributed by atoms with Gasteiger partial charge in [-0.2, -0.15) is 0 Å². The molecule has 0 spiro atoms. The molecule has 28 heavy (non-hydrogen) atoms. The second-order valence-electron chi connectivity index (χ2n) is 7.82. The topological polar surface area (TPSA) is 52.6 Å². The summed E-state index contributed by atoms with van der Waals surface area (Å²) in [4.78, 5) is 26.2. The number of rotatable bonds is 9. The van der Waals surface area contributed by atoms with Crippen molar-refractivity contribution >= 4 is 11.9 Å². The predicted octanol–water partition coefficient (Wildman–Crippen LogP) is 4.95. The fourth-order valence-corrected chi connectivity index (χ4v) is 2.93. The van der Waals surface area contributed by atoms with Gasteiger partial charge in [0.2, 0.25) is 0 Å². The quantitative estimate of drug-likeness (QED) is 0.576. The summed E-state index contributed by atoms with van der Waals surface area (Å²) in [7, 11) is 0. The number of hydrogen-bond donors (Lipinski definition) is 0. The first-order valence-electron chi connectivity index (χ1n) is 9.83. The molecule has 0 aliphatic carbocycles. The van der Waals surface area contributed by atoms with Gasteiger partial charge >= 0.3 is 11.9 Å². The van der Waals surface area contributed by atoms with Crippen molar-refractivity contribution in [1.82, 2.24) is 0 Å². The van der Waals surface area contributed by atoms with E-state index < -0.39 is 23.8 Å². The Morgan fingerprint density at radius 3 is 1.25 bits per heavy atom. The number of carbonyl (C=O) groups is 2. The molecule has 0 saturated heterocycles. The van der Waals surface area contributed by atoms with Crippen LogP contribution >= 0.6 is 0 Å². The zero-order chi connectivity index (χ0) is 20.5. The van der Waals surface area contributed by atoms with Gasteiger partial charge in [0.1, 0.15) is 0 Å². The van der Waals surface area contributed by atoms with Crippen molar-refractivity contribution in [2.24, 2.45) is 11.8 Å². The fourth-order valence-electron chi connectivity index (χ4n) is 2.93. The molecule has 0 saturated carbocycles. The largest absolute Gasteiger partial charge is 0.465 e. The maximum Gasteiger partial charge on any atom is 0.314 e. The van der Waals surface area contributed by atoms with E-state index in [1.54, 1.807) is 0 Å². The minimum atomic E-state index is -0.762. The van der Waals surface area contributed by atoms with E-state index in [1.165, 1.54) is 0 Å². The van der Waals surface area contributed by atoms with E-state index in [2.05, 4.69) is 0 Å². The highest BCUT2D eigenvalue weighted by molar-refractivity contribution is 5.90. The zero-order valence-corrected chi connectivity index (χ0v) is 17.1. The fraction of sp³-hybridized carbons (Fsp3) is 0.417. The Kier molecular flexibility index (Phi) is 8.24. The first-order chi connectivity index (χ1) is 13.4. The molecular formula is C24H30O4. The lowest BCUT2D eigenvalue weighted by Gasteiger charge is -2.26. The molecule has 0 N–H and O–H groups in total. The molecule has 2 aromatic rings. The van der Waals surface area contributed by atoms with Crippen LogP contribution in [0.25, 0.3) is 0 Å². The van der Waals surface area contributed by atoms with Gasteiger partial charge in [-0.1, -0.05) is 88.4 Å². The van der Waals surface area contributed by atoms with Crippen LogP contribution in [0.4, 0.5) is 0 Å². The lowest BCUT2D eigenvalue weighted by Crippen LogP contribution is -2.30. The van der Waals surface area contributed by atoms with Crippen LogP contribution in [0.2, 0.25) is 0 Å². The normalized spacial score (nSPS) is 13.2. The highest BCUT2D eigenvalue weighted by atomic mass is 16.5. The summed E-state index contributed by atoms with van der Waals surface area (Å²) in [5.41, 5.74) is 1.48. The maximum absolute atomic E-state index is 13.1. The van der Waals surface area contributed by atoms with Crippen molar-refractivity contribution in [2.45, 2.75) is 39.5 Å². The SMILES string of the molecule is CC(C)COC(=O)C(c1ccccc1)C(C(=O)OCC(C)C)c1ccccc1. The van der Waals surface area contributed by atoms with Crippen molar-refractivity contribution in [1.29, 1.82) is 0 Å². The number of hydrogen-bond acceptors (Lipinski definition) is 4. The van der Waals surface area contributed by atoms with Crippen molar-refractivity contribution in [3.8, 4) is 0 Å². The third kappa shape index (κ3) is 6.22. The van der Waals surface area contributed by atoms with Crippen LogP contribution in [0, 0.1) is 11.8 Å². The first-order valence-corrected chi connectivity index (χ1v) is 9.83. The summed E-state index contributed by atoms with van der Waals surface area (Å²) < 4.78 is 11.1. The smallest absolute Gasteiger partial charge is 0.314 e. The van der Waals surface area contributed by atoms with Crippen LogP contribution in [0.5, 0.6) is 0 Å². The molecule has 0 amide bonds. The van der Waals surface area contributed by atoms with Crippen LogP contribution in [-0.2, 0) is 19.1 Å². The molecule has 2 rings (SSSR count). The third-order valence-corrected chi connectivity index (χ3v) is 4.28. The molecule has 2 aromatic carbocycles. The number of esters is 2. The Hall–Kier alpha value is -2.62. The van der Waals surface area contributed by atoms with Gasteiger partial charge in [-0.25, -0.2) is 0 Å². The Morgan fingerprint density at radius 1 is 0.643 bits per heavy atom. The van der Waals surface area contributed by atoms with E-state index >= 15 is 0 Å². The van der Waals surface area contributed by atoms with Crippen molar-refractivity contribution < 1.29 is 19.1 Å². The molecule has 0 aromatic heterocycles. The van der Waals surface area contributed by atoms with Crippen molar-refractivity contribution in [2.75, 3.05) is 13.2 Å². The average Bonchev–Trinajstić information content (AvgIpc) is 2.69. The highest BCUT2D eigenvalue weighted by Gasteiger charge is 2.38. The second-order valence-corrected chi connectivity index (χ2v) is 7.82. The molecule has 0 aliphatic heterocycles. The van der Waals surface area contributed by atoms with Gasteiger partial charge in [-0.3, -0.25) is 9.59 Å². The van der Waals surface area contributed by atoms with E-state index in [0.29, 0.717) is 13.2 Å². The summed E-state index contributed by atoms with van der Waals surface area (Å²) in [5.74, 6) is -1.92. The highest BCUT2D eigenvalue weighted by Crippen LogP contribution is 2.35. The minimum Gasteiger partial charge on any atom is -0.465 e.